The zero-order valence-corrected chi connectivity index (χ0v) is 12.7. The molecular weight excluding hydrogens is 343 g/mol. The lowest BCUT2D eigenvalue weighted by atomic mass is 10.1. The van der Waals surface area contributed by atoms with Crippen molar-refractivity contribution in [1.82, 2.24) is 9.38 Å². The number of rotatable bonds is 2. The van der Waals surface area contributed by atoms with Crippen molar-refractivity contribution in [3.63, 3.8) is 0 Å². The molecule has 3 heterocycles. The fraction of sp³-hybridized carbons (Fsp3) is 0.417. The SMILES string of the molecule is OC[C@H]1O[C@@H](c2c(Cl)nc3ccc(Cl)c(Cl)n23)[C@H](O)[C@@H]1O. The van der Waals surface area contributed by atoms with E-state index < -0.39 is 31.0 Å². The average Bonchev–Trinajstić information content (AvgIpc) is 2.93. The molecule has 2 aromatic rings. The Hall–Kier alpha value is -0.600. The van der Waals surface area contributed by atoms with E-state index in [1.807, 2.05) is 0 Å². The number of aliphatic hydroxyl groups excluding tert-OH is 3. The Morgan fingerprint density at radius 1 is 1.19 bits per heavy atom. The average molecular weight is 354 g/mol. The lowest BCUT2D eigenvalue weighted by Gasteiger charge is -2.16. The van der Waals surface area contributed by atoms with Crippen LogP contribution in [0.3, 0.4) is 0 Å². The van der Waals surface area contributed by atoms with Crippen molar-refractivity contribution in [1.29, 1.82) is 0 Å². The first-order chi connectivity index (χ1) is 9.95. The van der Waals surface area contributed by atoms with Crippen LogP contribution in [0.15, 0.2) is 12.1 Å². The zero-order valence-electron chi connectivity index (χ0n) is 10.4. The monoisotopic (exact) mass is 352 g/mol. The smallest absolute Gasteiger partial charge is 0.154 e. The van der Waals surface area contributed by atoms with Crippen LogP contribution in [0.1, 0.15) is 11.8 Å². The Morgan fingerprint density at radius 3 is 2.52 bits per heavy atom. The predicted octanol–water partition coefficient (Wildman–Crippen LogP) is 1.45. The van der Waals surface area contributed by atoms with Gasteiger partial charge >= 0.3 is 0 Å². The lowest BCUT2D eigenvalue weighted by molar-refractivity contribution is -0.0241. The molecule has 0 amide bonds. The van der Waals surface area contributed by atoms with Crippen molar-refractivity contribution in [3.8, 4) is 0 Å². The second kappa shape index (κ2) is 5.55. The largest absolute Gasteiger partial charge is 0.394 e. The van der Waals surface area contributed by atoms with Crippen LogP contribution in [0.25, 0.3) is 5.65 Å². The number of hydrogen-bond acceptors (Lipinski definition) is 5. The Morgan fingerprint density at radius 2 is 1.90 bits per heavy atom. The quantitative estimate of drug-likeness (QED) is 0.711. The molecule has 0 bridgehead atoms. The van der Waals surface area contributed by atoms with Crippen molar-refractivity contribution >= 4 is 40.4 Å². The molecule has 2 aromatic heterocycles. The first-order valence-electron chi connectivity index (χ1n) is 6.10. The normalized spacial score (nSPS) is 29.4. The van der Waals surface area contributed by atoms with E-state index in [-0.39, 0.29) is 21.0 Å². The summed E-state index contributed by atoms with van der Waals surface area (Å²) >= 11 is 18.2. The Labute approximate surface area is 134 Å². The van der Waals surface area contributed by atoms with E-state index in [1.165, 1.54) is 4.40 Å². The molecule has 1 saturated heterocycles. The molecule has 0 aliphatic carbocycles. The van der Waals surface area contributed by atoms with E-state index in [0.717, 1.165) is 0 Å². The summed E-state index contributed by atoms with van der Waals surface area (Å²) in [6, 6.07) is 3.19. The number of aliphatic hydroxyl groups is 3. The molecule has 9 heteroatoms. The molecule has 0 unspecified atom stereocenters. The molecule has 0 spiro atoms. The van der Waals surface area contributed by atoms with Gasteiger partial charge in [0.05, 0.1) is 17.3 Å². The first kappa shape index (κ1) is 15.3. The summed E-state index contributed by atoms with van der Waals surface area (Å²) in [4.78, 5) is 4.12. The van der Waals surface area contributed by atoms with E-state index in [4.69, 9.17) is 44.6 Å². The van der Waals surface area contributed by atoms with Crippen molar-refractivity contribution < 1.29 is 20.1 Å². The van der Waals surface area contributed by atoms with Crippen LogP contribution in [0.4, 0.5) is 0 Å². The van der Waals surface area contributed by atoms with E-state index in [9.17, 15) is 10.2 Å². The Bertz CT molecular complexity index is 693. The van der Waals surface area contributed by atoms with Gasteiger partial charge in [-0.3, -0.25) is 4.40 Å². The Kier molecular flexibility index (Phi) is 4.04. The summed E-state index contributed by atoms with van der Waals surface area (Å²) in [6.07, 6.45) is -4.39. The molecular formula is C12H11Cl3N2O4. The highest BCUT2D eigenvalue weighted by Crippen LogP contribution is 2.39. The van der Waals surface area contributed by atoms with Gasteiger partial charge in [-0.1, -0.05) is 34.8 Å². The van der Waals surface area contributed by atoms with Gasteiger partial charge in [0.25, 0.3) is 0 Å². The second-order valence-electron chi connectivity index (χ2n) is 4.71. The third-order valence-corrected chi connectivity index (χ3v) is 4.53. The van der Waals surface area contributed by atoms with Gasteiger partial charge < -0.3 is 20.1 Å². The molecule has 1 fully saturated rings. The maximum atomic E-state index is 10.1. The molecule has 21 heavy (non-hydrogen) atoms. The molecule has 1 aliphatic rings. The maximum absolute atomic E-state index is 10.1. The molecule has 4 atom stereocenters. The number of pyridine rings is 1. The highest BCUT2D eigenvalue weighted by Gasteiger charge is 2.45. The minimum Gasteiger partial charge on any atom is -0.394 e. The summed E-state index contributed by atoms with van der Waals surface area (Å²) < 4.78 is 6.92. The highest BCUT2D eigenvalue weighted by molar-refractivity contribution is 6.41. The maximum Gasteiger partial charge on any atom is 0.154 e. The second-order valence-corrected chi connectivity index (χ2v) is 5.84. The minimum absolute atomic E-state index is 0.0778. The lowest BCUT2D eigenvalue weighted by Crippen LogP contribution is -2.32. The van der Waals surface area contributed by atoms with Gasteiger partial charge in [-0.2, -0.15) is 0 Å². The number of halogens is 3. The fourth-order valence-corrected chi connectivity index (χ4v) is 3.10. The van der Waals surface area contributed by atoms with Gasteiger partial charge in [-0.05, 0) is 12.1 Å². The van der Waals surface area contributed by atoms with E-state index in [0.29, 0.717) is 5.65 Å². The first-order valence-corrected chi connectivity index (χ1v) is 7.23. The summed E-state index contributed by atoms with van der Waals surface area (Å²) in [5.74, 6) is 0. The van der Waals surface area contributed by atoms with Crippen molar-refractivity contribution in [2.24, 2.45) is 0 Å². The van der Waals surface area contributed by atoms with E-state index in [2.05, 4.69) is 4.98 Å². The summed E-state index contributed by atoms with van der Waals surface area (Å²) in [7, 11) is 0. The standard InChI is InChI=1S/C12H11Cl3N2O4/c13-4-1-2-6-16-11(14)7(17(6)12(4)15)10-9(20)8(19)5(3-18)21-10/h1-2,5,8-10,18-20H,3H2/t5-,8-,9-,10+/m1/s1. The van der Waals surface area contributed by atoms with Gasteiger partial charge in [-0.15, -0.1) is 0 Å². The van der Waals surface area contributed by atoms with Crippen LogP contribution in [-0.2, 0) is 4.74 Å². The number of hydrogen-bond donors (Lipinski definition) is 3. The fourth-order valence-electron chi connectivity index (χ4n) is 2.44. The number of imidazole rings is 1. The van der Waals surface area contributed by atoms with Crippen LogP contribution >= 0.6 is 34.8 Å². The third kappa shape index (κ3) is 2.31. The van der Waals surface area contributed by atoms with Gasteiger partial charge in [0.2, 0.25) is 0 Å². The highest BCUT2D eigenvalue weighted by atomic mass is 35.5. The molecule has 114 valence electrons. The zero-order chi connectivity index (χ0) is 15.3. The van der Waals surface area contributed by atoms with Gasteiger partial charge in [0.15, 0.2) is 5.15 Å². The van der Waals surface area contributed by atoms with Gasteiger partial charge in [0.1, 0.15) is 35.2 Å². The molecule has 0 aromatic carbocycles. The van der Waals surface area contributed by atoms with Crippen LogP contribution in [0.2, 0.25) is 15.3 Å². The minimum atomic E-state index is -1.27. The van der Waals surface area contributed by atoms with Crippen LogP contribution in [0, 0.1) is 0 Å². The Balaban J connectivity index is 2.17. The third-order valence-electron chi connectivity index (χ3n) is 3.48. The molecule has 0 radical (unpaired) electrons. The topological polar surface area (TPSA) is 87.2 Å². The van der Waals surface area contributed by atoms with Gasteiger partial charge in [-0.25, -0.2) is 4.98 Å². The molecule has 3 rings (SSSR count). The van der Waals surface area contributed by atoms with Crippen molar-refractivity contribution in [3.05, 3.63) is 33.2 Å². The summed E-state index contributed by atoms with van der Waals surface area (Å²) in [5, 5.41) is 29.6. The van der Waals surface area contributed by atoms with Crippen molar-refractivity contribution in [2.75, 3.05) is 6.61 Å². The molecule has 3 N–H and O–H groups in total. The van der Waals surface area contributed by atoms with Crippen LogP contribution < -0.4 is 0 Å². The molecule has 1 aliphatic heterocycles. The predicted molar refractivity (Wildman–Crippen MR) is 76.9 cm³/mol. The number of aromatic nitrogens is 2. The van der Waals surface area contributed by atoms with E-state index in [1.54, 1.807) is 12.1 Å². The number of fused-ring (bicyclic) bond motifs is 1. The summed E-state index contributed by atoms with van der Waals surface area (Å²) in [6.45, 7) is -0.433. The number of nitrogens with zero attached hydrogens (tertiary/aromatic N) is 2. The van der Waals surface area contributed by atoms with Gasteiger partial charge in [0, 0.05) is 0 Å². The number of ether oxygens (including phenoxy) is 1. The molecule has 0 saturated carbocycles. The molecule has 6 nitrogen and oxygen atoms in total. The summed E-state index contributed by atoms with van der Waals surface area (Å²) in [5.41, 5.74) is 0.712. The van der Waals surface area contributed by atoms with Crippen LogP contribution in [-0.4, -0.2) is 49.6 Å². The van der Waals surface area contributed by atoms with E-state index >= 15 is 0 Å². The van der Waals surface area contributed by atoms with Crippen molar-refractivity contribution in [2.45, 2.75) is 24.4 Å². The van der Waals surface area contributed by atoms with Crippen LogP contribution in [0.5, 0.6) is 0 Å².